The molecule has 1 fully saturated rings. The maximum atomic E-state index is 12.1. The summed E-state index contributed by atoms with van der Waals surface area (Å²) in [6.45, 7) is 4.50. The molecule has 0 aliphatic carbocycles. The highest BCUT2D eigenvalue weighted by molar-refractivity contribution is 5.76. The number of carbonyl (C=O) groups is 1. The quantitative estimate of drug-likeness (QED) is 0.773. The number of hydrogen-bond acceptors (Lipinski definition) is 5. The van der Waals surface area contributed by atoms with Gasteiger partial charge in [0, 0.05) is 13.5 Å². The number of methoxy groups -OCH3 is 1. The minimum absolute atomic E-state index is 0.274. The molecule has 1 aliphatic rings. The molecule has 0 aromatic heterocycles. The van der Waals surface area contributed by atoms with Crippen LogP contribution in [0.1, 0.15) is 25.8 Å². The minimum atomic E-state index is -0.786. The van der Waals surface area contributed by atoms with Gasteiger partial charge in [0.2, 0.25) is 0 Å². The van der Waals surface area contributed by atoms with Crippen molar-refractivity contribution in [3.8, 4) is 0 Å². The molecule has 1 aromatic rings. The van der Waals surface area contributed by atoms with Gasteiger partial charge in [0.25, 0.3) is 0 Å². The van der Waals surface area contributed by atoms with E-state index in [2.05, 4.69) is 0 Å². The number of carbonyl (C=O) groups excluding carboxylic acids is 1. The summed E-state index contributed by atoms with van der Waals surface area (Å²) in [6, 6.07) is 9.42. The van der Waals surface area contributed by atoms with Crippen LogP contribution in [0.4, 0.5) is 0 Å². The molecule has 5 heteroatoms. The Morgan fingerprint density at radius 3 is 2.75 bits per heavy atom. The summed E-state index contributed by atoms with van der Waals surface area (Å²) in [6.07, 6.45) is 0.454. The molecule has 110 valence electrons. The Balaban J connectivity index is 2.12. The second-order valence-electron chi connectivity index (χ2n) is 4.96. The summed E-state index contributed by atoms with van der Waals surface area (Å²) in [4.78, 5) is 17.8. The maximum absolute atomic E-state index is 12.1. The largest absolute Gasteiger partial charge is 0.465 e. The summed E-state index contributed by atoms with van der Waals surface area (Å²) in [5.41, 5.74) is 1.07. The van der Waals surface area contributed by atoms with E-state index in [9.17, 15) is 4.79 Å². The summed E-state index contributed by atoms with van der Waals surface area (Å²) < 4.78 is 10.5. The van der Waals surface area contributed by atoms with E-state index in [0.717, 1.165) is 5.56 Å². The van der Waals surface area contributed by atoms with Gasteiger partial charge >= 0.3 is 5.97 Å². The van der Waals surface area contributed by atoms with Crippen LogP contribution in [0, 0.1) is 0 Å². The molecule has 2 rings (SSSR count). The summed E-state index contributed by atoms with van der Waals surface area (Å²) in [7, 11) is 1.58. The Morgan fingerprint density at radius 2 is 2.15 bits per heavy atom. The third-order valence-corrected chi connectivity index (χ3v) is 3.39. The van der Waals surface area contributed by atoms with Gasteiger partial charge in [-0.05, 0) is 19.4 Å². The van der Waals surface area contributed by atoms with E-state index in [1.54, 1.807) is 19.1 Å². The van der Waals surface area contributed by atoms with Crippen molar-refractivity contribution in [3.63, 3.8) is 0 Å². The number of hydroxylamine groups is 2. The lowest BCUT2D eigenvalue weighted by Crippen LogP contribution is -2.36. The molecule has 5 nitrogen and oxygen atoms in total. The highest BCUT2D eigenvalue weighted by Gasteiger charge is 2.46. The van der Waals surface area contributed by atoms with Crippen molar-refractivity contribution in [3.05, 3.63) is 35.9 Å². The maximum Gasteiger partial charge on any atom is 0.325 e. The predicted octanol–water partition coefficient (Wildman–Crippen LogP) is 2.12. The van der Waals surface area contributed by atoms with Gasteiger partial charge in [-0.1, -0.05) is 30.3 Å². The van der Waals surface area contributed by atoms with Crippen molar-refractivity contribution in [1.82, 2.24) is 5.06 Å². The fourth-order valence-corrected chi connectivity index (χ4v) is 2.27. The summed E-state index contributed by atoms with van der Waals surface area (Å²) in [5, 5.41) is 1.65. The van der Waals surface area contributed by atoms with Gasteiger partial charge in [-0.25, -0.2) is 0 Å². The summed E-state index contributed by atoms with van der Waals surface area (Å²) >= 11 is 0. The second-order valence-corrected chi connectivity index (χ2v) is 4.96. The molecule has 1 saturated heterocycles. The normalized spacial score (nSPS) is 26.6. The first-order valence-corrected chi connectivity index (χ1v) is 6.79. The number of benzene rings is 1. The first-order chi connectivity index (χ1) is 9.58. The first-order valence-electron chi connectivity index (χ1n) is 6.79. The van der Waals surface area contributed by atoms with Crippen LogP contribution in [0.15, 0.2) is 30.3 Å². The topological polar surface area (TPSA) is 48.0 Å². The number of ether oxygens (including phenoxy) is 2. The van der Waals surface area contributed by atoms with Gasteiger partial charge in [-0.15, -0.1) is 0 Å². The summed E-state index contributed by atoms with van der Waals surface area (Å²) in [5.74, 6) is -1.06. The van der Waals surface area contributed by atoms with Crippen LogP contribution in [0.2, 0.25) is 0 Å². The smallest absolute Gasteiger partial charge is 0.325 e. The van der Waals surface area contributed by atoms with Crippen LogP contribution < -0.4 is 0 Å². The molecule has 0 N–H and O–H groups in total. The number of hydrogen-bond donors (Lipinski definition) is 0. The van der Waals surface area contributed by atoms with Gasteiger partial charge in [0.15, 0.2) is 5.79 Å². The van der Waals surface area contributed by atoms with Crippen molar-refractivity contribution in [2.45, 2.75) is 38.6 Å². The van der Waals surface area contributed by atoms with Crippen molar-refractivity contribution >= 4 is 5.97 Å². The van der Waals surface area contributed by atoms with Crippen molar-refractivity contribution in [2.75, 3.05) is 13.7 Å². The third-order valence-electron chi connectivity index (χ3n) is 3.39. The molecular formula is C15H21NO4. The van der Waals surface area contributed by atoms with Gasteiger partial charge in [0.05, 0.1) is 13.2 Å². The van der Waals surface area contributed by atoms with Crippen LogP contribution in [0.3, 0.4) is 0 Å². The fraction of sp³-hybridized carbons (Fsp3) is 0.533. The highest BCUT2D eigenvalue weighted by atomic mass is 16.8. The molecular weight excluding hydrogens is 258 g/mol. The second kappa shape index (κ2) is 6.35. The molecule has 1 aliphatic heterocycles. The SMILES string of the molecule is CCOC(=O)[C@H]1C[C@@](C)(OC)ON1Cc1ccccc1. The van der Waals surface area contributed by atoms with Crippen LogP contribution in [-0.4, -0.2) is 36.6 Å². The lowest BCUT2D eigenvalue weighted by atomic mass is 10.1. The molecule has 0 bridgehead atoms. The van der Waals surface area contributed by atoms with Gasteiger partial charge < -0.3 is 9.47 Å². The van der Waals surface area contributed by atoms with Crippen LogP contribution >= 0.6 is 0 Å². The zero-order valence-electron chi connectivity index (χ0n) is 12.2. The van der Waals surface area contributed by atoms with Crippen molar-refractivity contribution in [1.29, 1.82) is 0 Å². The number of esters is 1. The fourth-order valence-electron chi connectivity index (χ4n) is 2.27. The average molecular weight is 279 g/mol. The molecule has 1 aromatic carbocycles. The van der Waals surface area contributed by atoms with Crippen molar-refractivity contribution in [2.24, 2.45) is 0 Å². The monoisotopic (exact) mass is 279 g/mol. The van der Waals surface area contributed by atoms with E-state index in [1.165, 1.54) is 0 Å². The molecule has 0 spiro atoms. The Kier molecular flexibility index (Phi) is 4.75. The molecule has 0 unspecified atom stereocenters. The van der Waals surface area contributed by atoms with E-state index in [-0.39, 0.29) is 5.97 Å². The molecule has 0 radical (unpaired) electrons. The lowest BCUT2D eigenvalue weighted by molar-refractivity contribution is -0.291. The average Bonchev–Trinajstić information content (AvgIpc) is 2.78. The zero-order chi connectivity index (χ0) is 14.6. The molecule has 2 atom stereocenters. The first kappa shape index (κ1) is 15.0. The Labute approximate surface area is 119 Å². The van der Waals surface area contributed by atoms with Gasteiger partial charge in [-0.2, -0.15) is 5.06 Å². The zero-order valence-corrected chi connectivity index (χ0v) is 12.2. The highest BCUT2D eigenvalue weighted by Crippen LogP contribution is 2.33. The molecule has 20 heavy (non-hydrogen) atoms. The molecule has 1 heterocycles. The lowest BCUT2D eigenvalue weighted by Gasteiger charge is -2.23. The van der Waals surface area contributed by atoms with Crippen molar-refractivity contribution < 1.29 is 19.1 Å². The third kappa shape index (κ3) is 3.36. The van der Waals surface area contributed by atoms with Crippen LogP contribution in [0.25, 0.3) is 0 Å². The van der Waals surface area contributed by atoms with Gasteiger partial charge in [-0.3, -0.25) is 9.63 Å². The van der Waals surface area contributed by atoms with Gasteiger partial charge in [0.1, 0.15) is 6.04 Å². The van der Waals surface area contributed by atoms with E-state index in [0.29, 0.717) is 19.6 Å². The number of nitrogens with zero attached hydrogens (tertiary/aromatic N) is 1. The predicted molar refractivity (Wildman–Crippen MR) is 73.5 cm³/mol. The minimum Gasteiger partial charge on any atom is -0.465 e. The van der Waals surface area contributed by atoms with Crippen LogP contribution in [-0.2, 0) is 25.7 Å². The molecule has 0 amide bonds. The van der Waals surface area contributed by atoms with E-state index in [4.69, 9.17) is 14.3 Å². The standard InChI is InChI=1S/C15H21NO4/c1-4-19-14(17)13-10-15(2,18-3)20-16(13)11-12-8-6-5-7-9-12/h5-9,13H,4,10-11H2,1-3H3/t13-,15+/m1/s1. The van der Waals surface area contributed by atoms with E-state index < -0.39 is 11.8 Å². The Hall–Kier alpha value is -1.43. The van der Waals surface area contributed by atoms with E-state index in [1.807, 2.05) is 37.3 Å². The Bertz CT molecular complexity index is 450. The number of rotatable bonds is 5. The van der Waals surface area contributed by atoms with E-state index >= 15 is 0 Å². The van der Waals surface area contributed by atoms with Crippen LogP contribution in [0.5, 0.6) is 0 Å². The molecule has 0 saturated carbocycles. The Morgan fingerprint density at radius 1 is 1.45 bits per heavy atom.